The molecule has 108 valence electrons. The van der Waals surface area contributed by atoms with E-state index >= 15 is 0 Å². The molecule has 0 heterocycles. The summed E-state index contributed by atoms with van der Waals surface area (Å²) >= 11 is 0. The maximum Gasteiger partial charge on any atom is 0.231 e. The van der Waals surface area contributed by atoms with Crippen LogP contribution in [0.3, 0.4) is 0 Å². The number of benzene rings is 1. The van der Waals surface area contributed by atoms with E-state index in [-0.39, 0.29) is 11.9 Å². The summed E-state index contributed by atoms with van der Waals surface area (Å²) in [7, 11) is 0. The maximum atomic E-state index is 12.8. The Morgan fingerprint density at radius 1 is 1.25 bits per heavy atom. The highest BCUT2D eigenvalue weighted by Crippen LogP contribution is 2.33. The normalized spacial score (nSPS) is 12.5. The number of hydrogen-bond donors (Lipinski definition) is 1. The summed E-state index contributed by atoms with van der Waals surface area (Å²) < 4.78 is 0. The maximum absolute atomic E-state index is 12.8. The summed E-state index contributed by atoms with van der Waals surface area (Å²) in [5, 5.41) is 3.10. The molecule has 0 aliphatic rings. The summed E-state index contributed by atoms with van der Waals surface area (Å²) in [6.45, 7) is 11.7. The van der Waals surface area contributed by atoms with Gasteiger partial charge in [0.2, 0.25) is 5.91 Å². The van der Waals surface area contributed by atoms with Gasteiger partial charge >= 0.3 is 0 Å². The summed E-state index contributed by atoms with van der Waals surface area (Å²) in [5.74, 6) is 0.0536. The van der Waals surface area contributed by atoms with E-state index in [0.717, 1.165) is 12.0 Å². The van der Waals surface area contributed by atoms with Crippen LogP contribution in [0.15, 0.2) is 55.6 Å². The minimum atomic E-state index is -0.603. The minimum absolute atomic E-state index is 0.0536. The van der Waals surface area contributed by atoms with Gasteiger partial charge in [-0.25, -0.2) is 0 Å². The van der Waals surface area contributed by atoms with Crippen molar-refractivity contribution in [2.45, 2.75) is 44.6 Å². The largest absolute Gasteiger partial charge is 0.353 e. The van der Waals surface area contributed by atoms with Crippen molar-refractivity contribution in [1.82, 2.24) is 5.32 Å². The predicted molar refractivity (Wildman–Crippen MR) is 85.6 cm³/mol. The summed E-state index contributed by atoms with van der Waals surface area (Å²) in [6, 6.07) is 10.1. The van der Waals surface area contributed by atoms with Crippen molar-refractivity contribution in [3.63, 3.8) is 0 Å². The van der Waals surface area contributed by atoms with Crippen molar-refractivity contribution >= 4 is 5.91 Å². The van der Waals surface area contributed by atoms with Gasteiger partial charge in [-0.3, -0.25) is 4.79 Å². The fourth-order valence-corrected chi connectivity index (χ4v) is 2.35. The Morgan fingerprint density at radius 2 is 1.80 bits per heavy atom. The minimum Gasteiger partial charge on any atom is -0.353 e. The fraction of sp³-hybridized carbons (Fsp3) is 0.389. The standard InChI is InChI=1S/C18H25NO/c1-5-13-18(14-6-2,16-11-9-8-10-12-16)17(20)19-15(4)7-3/h5-6,8-12,15H,1-2,7,13-14H2,3-4H3,(H,19,20). The molecule has 0 bridgehead atoms. The molecule has 1 atom stereocenters. The SMILES string of the molecule is C=CCC(CC=C)(C(=O)NC(C)CC)c1ccccc1. The predicted octanol–water partition coefficient (Wildman–Crippen LogP) is 3.99. The molecule has 0 saturated carbocycles. The van der Waals surface area contributed by atoms with Crippen molar-refractivity contribution in [3.05, 3.63) is 61.2 Å². The third kappa shape index (κ3) is 3.60. The van der Waals surface area contributed by atoms with Crippen LogP contribution in [-0.4, -0.2) is 11.9 Å². The molecule has 0 aromatic heterocycles. The Morgan fingerprint density at radius 3 is 2.25 bits per heavy atom. The molecule has 0 radical (unpaired) electrons. The molecule has 1 aromatic carbocycles. The average molecular weight is 271 g/mol. The first kappa shape index (κ1) is 16.2. The molecule has 1 amide bonds. The fourth-order valence-electron chi connectivity index (χ4n) is 2.35. The molecule has 0 fully saturated rings. The lowest BCUT2D eigenvalue weighted by Crippen LogP contribution is -2.47. The first-order valence-electron chi connectivity index (χ1n) is 7.19. The molecule has 0 spiro atoms. The number of nitrogens with one attached hydrogen (secondary N) is 1. The van der Waals surface area contributed by atoms with Gasteiger partial charge in [0.1, 0.15) is 0 Å². The molecule has 1 N–H and O–H groups in total. The Hall–Kier alpha value is -1.83. The molecule has 1 rings (SSSR count). The Labute approximate surface area is 122 Å². The third-order valence-electron chi connectivity index (χ3n) is 3.74. The van der Waals surface area contributed by atoms with Gasteiger partial charge in [-0.2, -0.15) is 0 Å². The second kappa shape index (κ2) is 7.68. The van der Waals surface area contributed by atoms with Crippen molar-refractivity contribution in [3.8, 4) is 0 Å². The molecule has 1 aromatic rings. The smallest absolute Gasteiger partial charge is 0.231 e. The zero-order valence-electron chi connectivity index (χ0n) is 12.6. The number of allylic oxidation sites excluding steroid dienone is 2. The molecule has 1 unspecified atom stereocenters. The first-order valence-corrected chi connectivity index (χ1v) is 7.19. The highest BCUT2D eigenvalue weighted by molar-refractivity contribution is 5.89. The van der Waals surface area contributed by atoms with Crippen LogP contribution < -0.4 is 5.32 Å². The van der Waals surface area contributed by atoms with Crippen LogP contribution in [0.1, 0.15) is 38.7 Å². The van der Waals surface area contributed by atoms with Gasteiger partial charge in [-0.1, -0.05) is 49.4 Å². The second-order valence-corrected chi connectivity index (χ2v) is 5.22. The second-order valence-electron chi connectivity index (χ2n) is 5.22. The number of carbonyl (C=O) groups excluding carboxylic acids is 1. The van der Waals surface area contributed by atoms with Gasteiger partial charge < -0.3 is 5.32 Å². The van der Waals surface area contributed by atoms with Crippen molar-refractivity contribution in [1.29, 1.82) is 0 Å². The van der Waals surface area contributed by atoms with Crippen molar-refractivity contribution in [2.24, 2.45) is 0 Å². The number of rotatable bonds is 8. The van der Waals surface area contributed by atoms with Gasteiger partial charge in [0.15, 0.2) is 0 Å². The highest BCUT2D eigenvalue weighted by atomic mass is 16.2. The molecular weight excluding hydrogens is 246 g/mol. The van der Waals surface area contributed by atoms with Crippen LogP contribution in [0.4, 0.5) is 0 Å². The van der Waals surface area contributed by atoms with Gasteiger partial charge in [-0.15, -0.1) is 13.2 Å². The molecule has 20 heavy (non-hydrogen) atoms. The summed E-state index contributed by atoms with van der Waals surface area (Å²) in [4.78, 5) is 12.8. The number of hydrogen-bond acceptors (Lipinski definition) is 1. The van der Waals surface area contributed by atoms with Crippen LogP contribution in [-0.2, 0) is 10.2 Å². The van der Waals surface area contributed by atoms with E-state index in [2.05, 4.69) is 25.4 Å². The quantitative estimate of drug-likeness (QED) is 0.712. The zero-order chi connectivity index (χ0) is 15.0. The van der Waals surface area contributed by atoms with Gasteiger partial charge in [0.25, 0.3) is 0 Å². The zero-order valence-corrected chi connectivity index (χ0v) is 12.6. The summed E-state index contributed by atoms with van der Waals surface area (Å²) in [5.41, 5.74) is 0.411. The Bertz CT molecular complexity index is 440. The van der Waals surface area contributed by atoms with Crippen LogP contribution in [0.5, 0.6) is 0 Å². The topological polar surface area (TPSA) is 29.1 Å². The lowest BCUT2D eigenvalue weighted by molar-refractivity contribution is -0.127. The first-order chi connectivity index (χ1) is 9.60. The average Bonchev–Trinajstić information content (AvgIpc) is 2.47. The molecule has 2 nitrogen and oxygen atoms in total. The van der Waals surface area contributed by atoms with Gasteiger partial charge in [0, 0.05) is 6.04 Å². The van der Waals surface area contributed by atoms with E-state index in [4.69, 9.17) is 0 Å². The molecule has 0 aliphatic heterocycles. The van der Waals surface area contributed by atoms with E-state index in [1.165, 1.54) is 0 Å². The van der Waals surface area contributed by atoms with Crippen molar-refractivity contribution in [2.75, 3.05) is 0 Å². The van der Waals surface area contributed by atoms with E-state index in [0.29, 0.717) is 12.8 Å². The molecule has 0 aliphatic carbocycles. The van der Waals surface area contributed by atoms with Gasteiger partial charge in [0.05, 0.1) is 5.41 Å². The molecule has 2 heteroatoms. The lowest BCUT2D eigenvalue weighted by atomic mass is 9.74. The Kier molecular flexibility index (Phi) is 6.23. The van der Waals surface area contributed by atoms with E-state index in [1.807, 2.05) is 49.4 Å². The van der Waals surface area contributed by atoms with Crippen LogP contribution in [0.25, 0.3) is 0 Å². The summed E-state index contributed by atoms with van der Waals surface area (Å²) in [6.07, 6.45) is 5.74. The number of amides is 1. The molecular formula is C18H25NO. The lowest BCUT2D eigenvalue weighted by Gasteiger charge is -2.32. The van der Waals surface area contributed by atoms with E-state index in [9.17, 15) is 4.79 Å². The van der Waals surface area contributed by atoms with E-state index in [1.54, 1.807) is 0 Å². The van der Waals surface area contributed by atoms with Gasteiger partial charge in [-0.05, 0) is 31.7 Å². The number of carbonyl (C=O) groups is 1. The highest BCUT2D eigenvalue weighted by Gasteiger charge is 2.38. The van der Waals surface area contributed by atoms with Crippen LogP contribution in [0.2, 0.25) is 0 Å². The van der Waals surface area contributed by atoms with E-state index < -0.39 is 5.41 Å². The molecule has 0 saturated heterocycles. The van der Waals surface area contributed by atoms with Crippen LogP contribution in [0, 0.1) is 0 Å². The van der Waals surface area contributed by atoms with Crippen LogP contribution >= 0.6 is 0 Å². The monoisotopic (exact) mass is 271 g/mol. The van der Waals surface area contributed by atoms with Crippen molar-refractivity contribution < 1.29 is 4.79 Å². The Balaban J connectivity index is 3.20. The third-order valence-corrected chi connectivity index (χ3v) is 3.74.